The lowest BCUT2D eigenvalue weighted by molar-refractivity contribution is -0.159. The fourth-order valence-corrected chi connectivity index (χ4v) is 1.55. The molecule has 0 aromatic rings. The van der Waals surface area contributed by atoms with E-state index in [0.29, 0.717) is 6.61 Å². The van der Waals surface area contributed by atoms with Crippen molar-refractivity contribution in [2.45, 2.75) is 45.0 Å². The molecule has 0 saturated carbocycles. The van der Waals surface area contributed by atoms with Crippen LogP contribution in [0.1, 0.15) is 33.6 Å². The van der Waals surface area contributed by atoms with Gasteiger partial charge in [0.2, 0.25) is 0 Å². The Bertz CT molecular complexity index is 156. The second kappa shape index (κ2) is 3.32. The molecule has 3 nitrogen and oxygen atoms in total. The normalized spacial score (nSPS) is 34.0. The van der Waals surface area contributed by atoms with Gasteiger partial charge in [-0.1, -0.05) is 0 Å². The molecule has 72 valence electrons. The van der Waals surface area contributed by atoms with E-state index in [2.05, 4.69) is 0 Å². The maximum atomic E-state index is 8.67. The molecule has 1 aliphatic heterocycles. The van der Waals surface area contributed by atoms with Gasteiger partial charge >= 0.3 is 0 Å². The maximum absolute atomic E-state index is 8.67. The van der Waals surface area contributed by atoms with Crippen molar-refractivity contribution in [3.8, 4) is 0 Å². The average molecular weight is 174 g/mol. The summed E-state index contributed by atoms with van der Waals surface area (Å²) in [5.41, 5.74) is -0.202. The molecule has 0 aromatic carbocycles. The minimum atomic E-state index is -0.454. The van der Waals surface area contributed by atoms with Crippen LogP contribution in [0.15, 0.2) is 0 Å². The van der Waals surface area contributed by atoms with Crippen molar-refractivity contribution in [2.24, 2.45) is 0 Å². The smallest absolute Gasteiger partial charge is 0.163 e. The Hall–Kier alpha value is -0.120. The highest BCUT2D eigenvalue weighted by molar-refractivity contribution is 4.83. The third-order valence-electron chi connectivity index (χ3n) is 2.08. The largest absolute Gasteiger partial charge is 0.396 e. The number of aliphatic hydroxyl groups is 1. The summed E-state index contributed by atoms with van der Waals surface area (Å²) in [5.74, 6) is -0.454. The molecule has 0 spiro atoms. The summed E-state index contributed by atoms with van der Waals surface area (Å²) in [4.78, 5) is 0. The number of aliphatic hydroxyl groups excluding tert-OH is 1. The lowest BCUT2D eigenvalue weighted by Gasteiger charge is -2.24. The summed E-state index contributed by atoms with van der Waals surface area (Å²) < 4.78 is 11.2. The van der Waals surface area contributed by atoms with Gasteiger partial charge in [-0.25, -0.2) is 0 Å². The van der Waals surface area contributed by atoms with Crippen molar-refractivity contribution >= 4 is 0 Å². The van der Waals surface area contributed by atoms with Gasteiger partial charge in [0, 0.05) is 6.61 Å². The van der Waals surface area contributed by atoms with Crippen molar-refractivity contribution in [3.63, 3.8) is 0 Å². The molecule has 0 amide bonds. The molecule has 0 aromatic heterocycles. The molecule has 1 heterocycles. The van der Waals surface area contributed by atoms with E-state index in [-0.39, 0.29) is 12.2 Å². The van der Waals surface area contributed by atoms with Crippen LogP contribution in [0, 0.1) is 0 Å². The van der Waals surface area contributed by atoms with Crippen molar-refractivity contribution in [2.75, 3.05) is 13.2 Å². The van der Waals surface area contributed by atoms with E-state index in [9.17, 15) is 0 Å². The van der Waals surface area contributed by atoms with Gasteiger partial charge in [-0.15, -0.1) is 0 Å². The van der Waals surface area contributed by atoms with Gasteiger partial charge in [-0.05, 0) is 33.6 Å². The highest BCUT2D eigenvalue weighted by Gasteiger charge is 2.41. The Morgan fingerprint density at radius 3 is 2.42 bits per heavy atom. The Kier molecular flexibility index (Phi) is 2.76. The minimum absolute atomic E-state index is 0.202. The minimum Gasteiger partial charge on any atom is -0.396 e. The molecule has 1 N–H and O–H groups in total. The first-order chi connectivity index (χ1) is 5.47. The van der Waals surface area contributed by atoms with E-state index in [1.807, 2.05) is 20.8 Å². The van der Waals surface area contributed by atoms with E-state index in [0.717, 1.165) is 12.8 Å². The summed E-state index contributed by atoms with van der Waals surface area (Å²) in [5, 5.41) is 8.67. The predicted octanol–water partition coefficient (Wildman–Crippen LogP) is 1.30. The van der Waals surface area contributed by atoms with E-state index in [4.69, 9.17) is 14.6 Å². The van der Waals surface area contributed by atoms with Crippen LogP contribution >= 0.6 is 0 Å². The third kappa shape index (κ3) is 2.44. The summed E-state index contributed by atoms with van der Waals surface area (Å²) >= 11 is 0. The Balaban J connectivity index is 2.41. The Morgan fingerprint density at radius 1 is 1.33 bits per heavy atom. The summed E-state index contributed by atoms with van der Waals surface area (Å²) in [6.45, 7) is 6.70. The van der Waals surface area contributed by atoms with Gasteiger partial charge in [0.25, 0.3) is 0 Å². The molecule has 12 heavy (non-hydrogen) atoms. The molecule has 1 atom stereocenters. The van der Waals surface area contributed by atoms with Gasteiger partial charge in [0.15, 0.2) is 5.79 Å². The number of ether oxygens (including phenoxy) is 2. The standard InChI is InChI=1S/C9H18O3/c1-8(2)11-7-9(3,12-8)5-4-6-10/h10H,4-7H2,1-3H3/t9-/m1/s1. The van der Waals surface area contributed by atoms with Crippen molar-refractivity contribution in [1.29, 1.82) is 0 Å². The summed E-state index contributed by atoms with van der Waals surface area (Å²) in [6, 6.07) is 0. The van der Waals surface area contributed by atoms with Crippen LogP contribution in [-0.2, 0) is 9.47 Å². The Labute approximate surface area is 73.7 Å². The number of rotatable bonds is 3. The van der Waals surface area contributed by atoms with Crippen LogP contribution in [0.3, 0.4) is 0 Å². The average Bonchev–Trinajstić information content (AvgIpc) is 2.23. The van der Waals surface area contributed by atoms with Crippen LogP contribution in [0.25, 0.3) is 0 Å². The van der Waals surface area contributed by atoms with E-state index in [1.165, 1.54) is 0 Å². The van der Waals surface area contributed by atoms with Crippen LogP contribution in [0.4, 0.5) is 0 Å². The van der Waals surface area contributed by atoms with Crippen LogP contribution in [-0.4, -0.2) is 29.7 Å². The number of hydrogen-bond donors (Lipinski definition) is 1. The summed E-state index contributed by atoms with van der Waals surface area (Å²) in [6.07, 6.45) is 1.63. The molecule has 0 unspecified atom stereocenters. The molecule has 0 bridgehead atoms. The third-order valence-corrected chi connectivity index (χ3v) is 2.08. The second-order valence-electron chi connectivity index (χ2n) is 4.07. The summed E-state index contributed by atoms with van der Waals surface area (Å²) in [7, 11) is 0. The molecular formula is C9H18O3. The van der Waals surface area contributed by atoms with Crippen LogP contribution in [0.5, 0.6) is 0 Å². The first kappa shape index (κ1) is 9.96. The molecule has 1 fully saturated rings. The van der Waals surface area contributed by atoms with Crippen LogP contribution in [0.2, 0.25) is 0 Å². The maximum Gasteiger partial charge on any atom is 0.163 e. The molecule has 0 radical (unpaired) electrons. The van der Waals surface area contributed by atoms with Crippen molar-refractivity contribution in [3.05, 3.63) is 0 Å². The molecule has 0 aliphatic carbocycles. The Morgan fingerprint density at radius 2 is 2.00 bits per heavy atom. The molecule has 3 heteroatoms. The topological polar surface area (TPSA) is 38.7 Å². The second-order valence-corrected chi connectivity index (χ2v) is 4.07. The zero-order valence-electron chi connectivity index (χ0n) is 8.09. The quantitative estimate of drug-likeness (QED) is 0.701. The molecular weight excluding hydrogens is 156 g/mol. The van der Waals surface area contributed by atoms with E-state index < -0.39 is 5.79 Å². The van der Waals surface area contributed by atoms with Gasteiger partial charge in [0.1, 0.15) is 0 Å². The molecule has 1 saturated heterocycles. The fourth-order valence-electron chi connectivity index (χ4n) is 1.55. The zero-order chi connectivity index (χ0) is 9.24. The first-order valence-corrected chi connectivity index (χ1v) is 4.42. The fraction of sp³-hybridized carbons (Fsp3) is 1.00. The van der Waals surface area contributed by atoms with Gasteiger partial charge in [-0.2, -0.15) is 0 Å². The van der Waals surface area contributed by atoms with E-state index in [1.54, 1.807) is 0 Å². The monoisotopic (exact) mass is 174 g/mol. The van der Waals surface area contributed by atoms with Crippen molar-refractivity contribution in [1.82, 2.24) is 0 Å². The zero-order valence-corrected chi connectivity index (χ0v) is 8.09. The highest BCUT2D eigenvalue weighted by Crippen LogP contribution is 2.33. The SMILES string of the molecule is CC1(C)OC[C@@](C)(CCCO)O1. The van der Waals surface area contributed by atoms with Gasteiger partial charge < -0.3 is 14.6 Å². The highest BCUT2D eigenvalue weighted by atomic mass is 16.7. The molecule has 1 rings (SSSR count). The van der Waals surface area contributed by atoms with Gasteiger partial charge in [-0.3, -0.25) is 0 Å². The predicted molar refractivity (Wildman–Crippen MR) is 45.8 cm³/mol. The lowest BCUT2D eigenvalue weighted by atomic mass is 10.0. The lowest BCUT2D eigenvalue weighted by Crippen LogP contribution is -2.30. The van der Waals surface area contributed by atoms with Crippen molar-refractivity contribution < 1.29 is 14.6 Å². The molecule has 1 aliphatic rings. The first-order valence-electron chi connectivity index (χ1n) is 4.42. The number of hydrogen-bond acceptors (Lipinski definition) is 3. The van der Waals surface area contributed by atoms with Crippen LogP contribution < -0.4 is 0 Å². The van der Waals surface area contributed by atoms with E-state index >= 15 is 0 Å². The van der Waals surface area contributed by atoms with Gasteiger partial charge in [0.05, 0.1) is 12.2 Å².